The molecule has 2 fully saturated rings. The van der Waals surface area contributed by atoms with E-state index in [-0.39, 0.29) is 18.0 Å². The highest BCUT2D eigenvalue weighted by Gasteiger charge is 2.31. The summed E-state index contributed by atoms with van der Waals surface area (Å²) in [4.78, 5) is 24.4. The van der Waals surface area contributed by atoms with Gasteiger partial charge < -0.3 is 15.1 Å². The Hall–Kier alpha value is -3.77. The summed E-state index contributed by atoms with van der Waals surface area (Å²) in [6.45, 7) is 9.88. The third kappa shape index (κ3) is 5.01. The number of nitrogens with one attached hydrogen (secondary N) is 1. The maximum atomic E-state index is 13.2. The third-order valence-electron chi connectivity index (χ3n) is 8.12. The number of carbonyl (C=O) groups is 1. The Morgan fingerprint density at radius 2 is 1.89 bits per heavy atom. The van der Waals surface area contributed by atoms with Crippen LogP contribution in [0.5, 0.6) is 0 Å². The van der Waals surface area contributed by atoms with Crippen LogP contribution in [0.25, 0.3) is 10.8 Å². The summed E-state index contributed by atoms with van der Waals surface area (Å²) in [5, 5.41) is 23.7. The predicted octanol–water partition coefficient (Wildman–Crippen LogP) is 3.82. The first-order chi connectivity index (χ1) is 18.4. The van der Waals surface area contributed by atoms with Gasteiger partial charge in [-0.25, -0.2) is 4.98 Å². The van der Waals surface area contributed by atoms with Gasteiger partial charge in [0.1, 0.15) is 5.82 Å². The van der Waals surface area contributed by atoms with Gasteiger partial charge in [0, 0.05) is 43.1 Å². The van der Waals surface area contributed by atoms with Crippen LogP contribution in [-0.2, 0) is 4.79 Å². The number of likely N-dealkylation sites (N-methyl/N-ethyl adjacent to an activating group) is 1. The van der Waals surface area contributed by atoms with E-state index in [1.54, 1.807) is 0 Å². The summed E-state index contributed by atoms with van der Waals surface area (Å²) < 4.78 is 0. The summed E-state index contributed by atoms with van der Waals surface area (Å²) >= 11 is 0. The average Bonchev–Trinajstić information content (AvgIpc) is 2.94. The van der Waals surface area contributed by atoms with Crippen LogP contribution in [-0.4, -0.2) is 76.7 Å². The van der Waals surface area contributed by atoms with Crippen LogP contribution in [0.15, 0.2) is 30.5 Å². The van der Waals surface area contributed by atoms with Crippen molar-refractivity contribution < 1.29 is 4.79 Å². The fourth-order valence-corrected chi connectivity index (χ4v) is 5.72. The van der Waals surface area contributed by atoms with Gasteiger partial charge in [-0.2, -0.15) is 10.4 Å². The fourth-order valence-electron chi connectivity index (χ4n) is 5.72. The number of aryl methyl sites for hydroxylation is 1. The Balaban J connectivity index is 1.34. The monoisotopic (exact) mass is 512 g/mol. The molecule has 4 heterocycles. The molecule has 0 radical (unpaired) electrons. The molecular formula is C29H36N8O. The molecule has 0 bridgehead atoms. The van der Waals surface area contributed by atoms with Crippen molar-refractivity contribution in [2.75, 3.05) is 50.0 Å². The average molecular weight is 513 g/mol. The molecule has 38 heavy (non-hydrogen) atoms. The molecule has 1 amide bonds. The smallest absolute Gasteiger partial charge is 0.240 e. The molecule has 9 nitrogen and oxygen atoms in total. The number of anilines is 2. The second-order valence-corrected chi connectivity index (χ2v) is 10.5. The fraction of sp³-hybridized carbons (Fsp3) is 0.483. The van der Waals surface area contributed by atoms with Crippen LogP contribution in [0.4, 0.5) is 11.6 Å². The third-order valence-corrected chi connectivity index (χ3v) is 8.12. The predicted molar refractivity (Wildman–Crippen MR) is 149 cm³/mol. The highest BCUT2D eigenvalue weighted by atomic mass is 16.2. The molecule has 0 unspecified atom stereocenters. The van der Waals surface area contributed by atoms with Crippen LogP contribution in [0.1, 0.15) is 54.6 Å². The lowest BCUT2D eigenvalue weighted by molar-refractivity contribution is -0.138. The zero-order valence-corrected chi connectivity index (χ0v) is 22.7. The van der Waals surface area contributed by atoms with Crippen molar-refractivity contribution in [3.63, 3.8) is 0 Å². The Kier molecular flexibility index (Phi) is 7.43. The number of rotatable bonds is 5. The number of nitriles is 1. The highest BCUT2D eigenvalue weighted by molar-refractivity contribution is 5.94. The molecule has 2 aromatic heterocycles. The number of hydrogen-bond acceptors (Lipinski definition) is 8. The number of pyridine rings is 1. The van der Waals surface area contributed by atoms with Crippen molar-refractivity contribution in [1.82, 2.24) is 25.0 Å². The van der Waals surface area contributed by atoms with Gasteiger partial charge in [-0.3, -0.25) is 9.69 Å². The number of amides is 1. The summed E-state index contributed by atoms with van der Waals surface area (Å²) in [5.74, 6) is 1.84. The van der Waals surface area contributed by atoms with Gasteiger partial charge in [-0.15, -0.1) is 5.10 Å². The van der Waals surface area contributed by atoms with Crippen molar-refractivity contribution in [3.8, 4) is 6.07 Å². The zero-order valence-electron chi connectivity index (χ0n) is 22.7. The molecule has 0 saturated carbocycles. The van der Waals surface area contributed by atoms with Gasteiger partial charge in [0.2, 0.25) is 5.91 Å². The molecule has 1 N–H and O–H groups in total. The molecule has 0 spiro atoms. The number of hydrogen-bond donors (Lipinski definition) is 1. The number of benzene rings is 1. The quantitative estimate of drug-likeness (QED) is 0.551. The number of carbonyl (C=O) groups excluding carboxylic acids is 1. The summed E-state index contributed by atoms with van der Waals surface area (Å²) in [5.41, 5.74) is 3.52. The lowest BCUT2D eigenvalue weighted by Crippen LogP contribution is -2.55. The molecule has 198 valence electrons. The van der Waals surface area contributed by atoms with Gasteiger partial charge in [0.05, 0.1) is 29.4 Å². The van der Waals surface area contributed by atoms with E-state index in [1.165, 1.54) is 6.42 Å². The van der Waals surface area contributed by atoms with Gasteiger partial charge in [-0.1, -0.05) is 18.6 Å². The van der Waals surface area contributed by atoms with Crippen LogP contribution >= 0.6 is 0 Å². The molecule has 2 saturated heterocycles. The Bertz CT molecular complexity index is 1370. The number of likely N-dealkylation sites (tertiary alicyclic amines) is 1. The maximum absolute atomic E-state index is 13.2. The number of aromatic nitrogens is 3. The number of nitrogens with zero attached hydrogens (tertiary/aromatic N) is 7. The maximum Gasteiger partial charge on any atom is 0.240 e. The van der Waals surface area contributed by atoms with Crippen LogP contribution in [0.2, 0.25) is 0 Å². The van der Waals surface area contributed by atoms with Gasteiger partial charge in [0.15, 0.2) is 5.82 Å². The SMILES string of the molecule is Cc1c(C#N)cccc1[C@@H](C)Nc1nnc(C)c2cnc(N3CCN(C(=O)[C@@H]4CCCCN4C)CC3)cc12. The molecule has 9 heteroatoms. The molecule has 5 rings (SSSR count). The number of piperidine rings is 1. The van der Waals surface area contributed by atoms with Gasteiger partial charge in [0.25, 0.3) is 0 Å². The topological polar surface area (TPSA) is 101 Å². The lowest BCUT2D eigenvalue weighted by atomic mass is 9.98. The second kappa shape index (κ2) is 10.9. The van der Waals surface area contributed by atoms with Crippen LogP contribution in [0.3, 0.4) is 0 Å². The standard InChI is InChI=1S/C29H36N8O/c1-19-22(17-30)8-7-9-23(19)20(2)32-28-24-16-27(31-18-25(24)21(3)33-34-28)36-12-14-37(15-13-36)29(38)26-10-5-6-11-35(26)4/h7-9,16,18,20,26H,5-6,10-15H2,1-4H3,(H,32,34)/t20-,26+/m1/s1. The molecule has 2 aliphatic heterocycles. The Labute approximate surface area is 224 Å². The van der Waals surface area contributed by atoms with Crippen molar-refractivity contribution in [2.45, 2.75) is 52.1 Å². The van der Waals surface area contributed by atoms with Crippen LogP contribution in [0, 0.1) is 25.2 Å². The normalized spacial score (nSPS) is 19.3. The molecular weight excluding hydrogens is 476 g/mol. The molecule has 0 aliphatic carbocycles. The summed E-state index contributed by atoms with van der Waals surface area (Å²) in [7, 11) is 2.07. The number of piperazine rings is 1. The van der Waals surface area contributed by atoms with E-state index in [4.69, 9.17) is 4.98 Å². The van der Waals surface area contributed by atoms with Crippen molar-refractivity contribution >= 4 is 28.3 Å². The highest BCUT2D eigenvalue weighted by Crippen LogP contribution is 2.30. The van der Waals surface area contributed by atoms with Gasteiger partial charge in [-0.05, 0) is 70.5 Å². The van der Waals surface area contributed by atoms with Crippen molar-refractivity contribution in [1.29, 1.82) is 5.26 Å². The number of fused-ring (bicyclic) bond motifs is 1. The second-order valence-electron chi connectivity index (χ2n) is 10.5. The summed E-state index contributed by atoms with van der Waals surface area (Å²) in [6, 6.07) is 10.1. The minimum atomic E-state index is -0.0624. The first-order valence-electron chi connectivity index (χ1n) is 13.5. The van der Waals surface area contributed by atoms with Crippen molar-refractivity contribution in [2.24, 2.45) is 0 Å². The Morgan fingerprint density at radius 3 is 2.63 bits per heavy atom. The van der Waals surface area contributed by atoms with E-state index in [2.05, 4.69) is 51.4 Å². The molecule has 1 aromatic carbocycles. The van der Waals surface area contributed by atoms with Gasteiger partial charge >= 0.3 is 0 Å². The minimum absolute atomic E-state index is 0.0174. The first kappa shape index (κ1) is 25.9. The lowest BCUT2D eigenvalue weighted by Gasteiger charge is -2.40. The van der Waals surface area contributed by atoms with E-state index in [9.17, 15) is 10.1 Å². The van der Waals surface area contributed by atoms with E-state index in [1.807, 2.05) is 43.1 Å². The zero-order chi connectivity index (χ0) is 26.8. The van der Waals surface area contributed by atoms with Crippen LogP contribution < -0.4 is 10.2 Å². The molecule has 2 atom stereocenters. The molecule has 2 aliphatic rings. The minimum Gasteiger partial charge on any atom is -0.362 e. The summed E-state index contributed by atoms with van der Waals surface area (Å²) in [6.07, 6.45) is 5.13. The van der Waals surface area contributed by atoms with E-state index >= 15 is 0 Å². The van der Waals surface area contributed by atoms with E-state index < -0.39 is 0 Å². The first-order valence-corrected chi connectivity index (χ1v) is 13.5. The largest absolute Gasteiger partial charge is 0.362 e. The van der Waals surface area contributed by atoms with E-state index in [0.29, 0.717) is 24.5 Å². The van der Waals surface area contributed by atoms with Crippen molar-refractivity contribution in [3.05, 3.63) is 52.8 Å². The van der Waals surface area contributed by atoms with E-state index in [0.717, 1.165) is 65.9 Å². The Morgan fingerprint density at radius 1 is 1.11 bits per heavy atom. The molecule has 3 aromatic rings.